The summed E-state index contributed by atoms with van der Waals surface area (Å²) < 4.78 is 30.7. The number of amides is 1. The van der Waals surface area contributed by atoms with Gasteiger partial charge in [-0.25, -0.2) is 8.42 Å². The minimum atomic E-state index is -3.51. The number of nitrogens with zero attached hydrogens (tertiary/aromatic N) is 1. The highest BCUT2D eigenvalue weighted by Crippen LogP contribution is 2.30. The molecule has 0 bridgehead atoms. The fraction of sp³-hybridized carbons (Fsp3) is 0.0833. The number of sulfone groups is 1. The lowest BCUT2D eigenvalue weighted by Crippen LogP contribution is -2.13. The van der Waals surface area contributed by atoms with E-state index in [1.165, 1.54) is 0 Å². The largest absolute Gasteiger partial charge is 0.494 e. The number of anilines is 1. The van der Waals surface area contributed by atoms with Crippen molar-refractivity contribution in [3.63, 3.8) is 0 Å². The average molecular weight is 433 g/mol. The number of nitrogens with one attached hydrogen (secondary N) is 1. The molecule has 1 amide bonds. The van der Waals surface area contributed by atoms with E-state index in [1.807, 2.05) is 6.07 Å². The molecule has 0 saturated carbocycles. The molecule has 4 aromatic rings. The van der Waals surface area contributed by atoms with Gasteiger partial charge in [0.1, 0.15) is 11.3 Å². The summed E-state index contributed by atoms with van der Waals surface area (Å²) in [6, 6.07) is 22.0. The smallest absolute Gasteiger partial charge is 0.255 e. The number of pyridine rings is 1. The Morgan fingerprint density at radius 3 is 2.55 bits per heavy atom. The number of carbonyl (C=O) groups excluding carboxylic acids is 1. The van der Waals surface area contributed by atoms with Gasteiger partial charge in [0.05, 0.1) is 23.4 Å². The first-order valence-corrected chi connectivity index (χ1v) is 11.2. The van der Waals surface area contributed by atoms with E-state index in [4.69, 9.17) is 4.74 Å². The molecule has 1 aromatic heterocycles. The van der Waals surface area contributed by atoms with Gasteiger partial charge in [-0.3, -0.25) is 9.78 Å². The molecule has 1 N–H and O–H groups in total. The van der Waals surface area contributed by atoms with Crippen LogP contribution in [0.15, 0.2) is 90.0 Å². The van der Waals surface area contributed by atoms with E-state index in [1.54, 1.807) is 86.1 Å². The highest BCUT2D eigenvalue weighted by molar-refractivity contribution is 7.90. The quantitative estimate of drug-likeness (QED) is 0.486. The topological polar surface area (TPSA) is 85.4 Å². The van der Waals surface area contributed by atoms with Gasteiger partial charge in [-0.2, -0.15) is 0 Å². The van der Waals surface area contributed by atoms with Crippen LogP contribution in [0.3, 0.4) is 0 Å². The van der Waals surface area contributed by atoms with Crippen LogP contribution in [0.25, 0.3) is 10.9 Å². The summed E-state index contributed by atoms with van der Waals surface area (Å²) in [5, 5.41) is 3.64. The number of fused-ring (bicyclic) bond motifs is 1. The second-order valence-electron chi connectivity index (χ2n) is 6.94. The van der Waals surface area contributed by atoms with Crippen LogP contribution in [0.5, 0.6) is 5.75 Å². The molecule has 0 unspecified atom stereocenters. The summed E-state index contributed by atoms with van der Waals surface area (Å²) >= 11 is 0. The minimum absolute atomic E-state index is 0.187. The Hall–Kier alpha value is -3.71. The first-order chi connectivity index (χ1) is 15.0. The summed E-state index contributed by atoms with van der Waals surface area (Å²) in [5.41, 5.74) is 2.15. The maximum absolute atomic E-state index is 12.9. The fourth-order valence-electron chi connectivity index (χ4n) is 3.35. The third-order valence-electron chi connectivity index (χ3n) is 4.85. The predicted octanol–water partition coefficient (Wildman–Crippen LogP) is 4.47. The lowest BCUT2D eigenvalue weighted by atomic mass is 10.1. The minimum Gasteiger partial charge on any atom is -0.494 e. The first kappa shape index (κ1) is 20.6. The zero-order valence-electron chi connectivity index (χ0n) is 16.8. The van der Waals surface area contributed by atoms with Gasteiger partial charge < -0.3 is 10.1 Å². The van der Waals surface area contributed by atoms with Crippen LogP contribution in [-0.4, -0.2) is 26.4 Å². The Balaban J connectivity index is 1.59. The number of aromatic nitrogens is 1. The van der Waals surface area contributed by atoms with Crippen LogP contribution in [-0.2, 0) is 15.6 Å². The summed E-state index contributed by atoms with van der Waals surface area (Å²) in [5.74, 6) is 0.0871. The molecular weight excluding hydrogens is 412 g/mol. The highest BCUT2D eigenvalue weighted by Gasteiger charge is 2.17. The number of ether oxygens (including phenoxy) is 1. The monoisotopic (exact) mass is 432 g/mol. The molecule has 0 aliphatic heterocycles. The van der Waals surface area contributed by atoms with Gasteiger partial charge in [0.15, 0.2) is 9.84 Å². The maximum Gasteiger partial charge on any atom is 0.255 e. The van der Waals surface area contributed by atoms with Gasteiger partial charge in [-0.05, 0) is 54.1 Å². The molecule has 0 aliphatic rings. The van der Waals surface area contributed by atoms with Gasteiger partial charge in [0.2, 0.25) is 0 Å². The van der Waals surface area contributed by atoms with E-state index in [9.17, 15) is 13.2 Å². The van der Waals surface area contributed by atoms with Crippen LogP contribution in [0.2, 0.25) is 0 Å². The number of rotatable bonds is 6. The standard InChI is InChI=1S/C24H20N2O4S/c1-30-22-13-12-21(20-11-6-14-25-23(20)22)26-24(27)18-8-5-7-17(15-18)16-31(28,29)19-9-3-2-4-10-19/h2-15H,16H2,1H3,(H,26,27). The molecule has 3 aromatic carbocycles. The Labute approximate surface area is 180 Å². The SMILES string of the molecule is COc1ccc(NC(=O)c2cccc(CS(=O)(=O)c3ccccc3)c2)c2cccnc12. The Morgan fingerprint density at radius 2 is 1.77 bits per heavy atom. The van der Waals surface area contributed by atoms with Crippen molar-refractivity contribution in [1.29, 1.82) is 0 Å². The van der Waals surface area contributed by atoms with E-state index in [-0.39, 0.29) is 16.6 Å². The van der Waals surface area contributed by atoms with E-state index in [0.29, 0.717) is 28.1 Å². The normalized spacial score (nSPS) is 11.3. The highest BCUT2D eigenvalue weighted by atomic mass is 32.2. The number of methoxy groups -OCH3 is 1. The van der Waals surface area contributed by atoms with Gasteiger partial charge in [0.25, 0.3) is 5.91 Å². The molecule has 4 rings (SSSR count). The van der Waals surface area contributed by atoms with Crippen molar-refractivity contribution in [3.8, 4) is 5.75 Å². The van der Waals surface area contributed by atoms with Gasteiger partial charge >= 0.3 is 0 Å². The molecule has 0 radical (unpaired) electrons. The lowest BCUT2D eigenvalue weighted by Gasteiger charge is -2.12. The Bertz CT molecular complexity index is 1350. The molecule has 0 fully saturated rings. The molecule has 1 heterocycles. The van der Waals surface area contributed by atoms with E-state index in [0.717, 1.165) is 5.39 Å². The van der Waals surface area contributed by atoms with E-state index >= 15 is 0 Å². The summed E-state index contributed by atoms with van der Waals surface area (Å²) in [7, 11) is -1.94. The third kappa shape index (κ3) is 4.41. The van der Waals surface area contributed by atoms with Crippen molar-refractivity contribution in [2.24, 2.45) is 0 Å². The second kappa shape index (κ2) is 8.57. The van der Waals surface area contributed by atoms with Gasteiger partial charge in [0, 0.05) is 17.1 Å². The second-order valence-corrected chi connectivity index (χ2v) is 8.93. The van der Waals surface area contributed by atoms with Gasteiger partial charge in [-0.1, -0.05) is 30.3 Å². The molecule has 31 heavy (non-hydrogen) atoms. The number of hydrogen-bond donors (Lipinski definition) is 1. The van der Waals surface area contributed by atoms with Crippen LogP contribution in [0.4, 0.5) is 5.69 Å². The molecule has 7 heteroatoms. The summed E-state index contributed by atoms with van der Waals surface area (Å²) in [6.07, 6.45) is 1.66. The zero-order chi connectivity index (χ0) is 21.8. The molecule has 0 aliphatic carbocycles. The Morgan fingerprint density at radius 1 is 0.968 bits per heavy atom. The molecule has 156 valence electrons. The molecule has 0 atom stereocenters. The summed E-state index contributed by atoms with van der Waals surface area (Å²) in [4.78, 5) is 17.5. The fourth-order valence-corrected chi connectivity index (χ4v) is 4.70. The molecule has 0 saturated heterocycles. The summed E-state index contributed by atoms with van der Waals surface area (Å²) in [6.45, 7) is 0. The van der Waals surface area contributed by atoms with Crippen molar-refractivity contribution in [2.75, 3.05) is 12.4 Å². The lowest BCUT2D eigenvalue weighted by molar-refractivity contribution is 0.102. The molecule has 6 nitrogen and oxygen atoms in total. The predicted molar refractivity (Wildman–Crippen MR) is 120 cm³/mol. The van der Waals surface area contributed by atoms with Crippen molar-refractivity contribution in [2.45, 2.75) is 10.6 Å². The molecule has 0 spiro atoms. The number of hydrogen-bond acceptors (Lipinski definition) is 5. The van der Waals surface area contributed by atoms with E-state index in [2.05, 4.69) is 10.3 Å². The van der Waals surface area contributed by atoms with Gasteiger partial charge in [-0.15, -0.1) is 0 Å². The zero-order valence-corrected chi connectivity index (χ0v) is 17.6. The van der Waals surface area contributed by atoms with Crippen molar-refractivity contribution in [3.05, 3.63) is 96.2 Å². The first-order valence-electron chi connectivity index (χ1n) is 9.58. The Kier molecular flexibility index (Phi) is 5.68. The van der Waals surface area contributed by atoms with E-state index < -0.39 is 9.84 Å². The van der Waals surface area contributed by atoms with Crippen LogP contribution >= 0.6 is 0 Å². The number of carbonyl (C=O) groups is 1. The third-order valence-corrected chi connectivity index (χ3v) is 6.55. The van der Waals surface area contributed by atoms with Crippen molar-refractivity contribution < 1.29 is 17.9 Å². The maximum atomic E-state index is 12.9. The van der Waals surface area contributed by atoms with Crippen molar-refractivity contribution in [1.82, 2.24) is 4.98 Å². The van der Waals surface area contributed by atoms with Crippen LogP contribution in [0.1, 0.15) is 15.9 Å². The van der Waals surface area contributed by atoms with Crippen molar-refractivity contribution >= 4 is 32.3 Å². The number of benzene rings is 3. The molecular formula is C24H20N2O4S. The van der Waals surface area contributed by atoms with Crippen LogP contribution in [0, 0.1) is 0 Å². The average Bonchev–Trinajstić information content (AvgIpc) is 2.80. The van der Waals surface area contributed by atoms with Crippen LogP contribution < -0.4 is 10.1 Å².